The molecule has 1 aromatic heterocycles. The van der Waals surface area contributed by atoms with Gasteiger partial charge in [-0.2, -0.15) is 0 Å². The first-order valence-electron chi connectivity index (χ1n) is 8.94. The van der Waals surface area contributed by atoms with Crippen LogP contribution in [0, 0.1) is 6.92 Å². The molecule has 6 nitrogen and oxygen atoms in total. The van der Waals surface area contributed by atoms with Crippen LogP contribution in [0.15, 0.2) is 66.7 Å². The standard InChI is InChI=1S/C22H17N3O3/c1-14-23-18-11-15(7-9-19(18)25(14)17-5-3-2-4-6-17)22(26)24-16-8-10-20-21(12-16)28-13-27-20/h2-12H,13H2,1H3,(H,24,26). The molecule has 3 aromatic carbocycles. The Morgan fingerprint density at radius 1 is 1.00 bits per heavy atom. The van der Waals surface area contributed by atoms with Crippen LogP contribution in [0.1, 0.15) is 16.2 Å². The SMILES string of the molecule is Cc1nc2cc(C(=O)Nc3ccc4c(c3)OCO4)ccc2n1-c1ccccc1. The smallest absolute Gasteiger partial charge is 0.255 e. The monoisotopic (exact) mass is 371 g/mol. The lowest BCUT2D eigenvalue weighted by atomic mass is 10.1. The zero-order chi connectivity index (χ0) is 19.1. The number of carbonyl (C=O) groups is 1. The highest BCUT2D eigenvalue weighted by Gasteiger charge is 2.16. The van der Waals surface area contributed by atoms with Gasteiger partial charge in [-0.1, -0.05) is 18.2 Å². The lowest BCUT2D eigenvalue weighted by Gasteiger charge is -2.08. The number of amides is 1. The second-order valence-electron chi connectivity index (χ2n) is 6.56. The van der Waals surface area contributed by atoms with Crippen molar-refractivity contribution in [3.63, 3.8) is 0 Å². The van der Waals surface area contributed by atoms with Crippen LogP contribution in [0.3, 0.4) is 0 Å². The summed E-state index contributed by atoms with van der Waals surface area (Å²) in [6, 6.07) is 20.9. The Kier molecular flexibility index (Phi) is 3.76. The Balaban J connectivity index is 1.46. The fraction of sp³-hybridized carbons (Fsp3) is 0.0909. The van der Waals surface area contributed by atoms with Crippen LogP contribution in [0.4, 0.5) is 5.69 Å². The van der Waals surface area contributed by atoms with Gasteiger partial charge in [0.05, 0.1) is 11.0 Å². The van der Waals surface area contributed by atoms with Crippen LogP contribution < -0.4 is 14.8 Å². The van der Waals surface area contributed by atoms with Gasteiger partial charge in [0.25, 0.3) is 5.91 Å². The van der Waals surface area contributed by atoms with Gasteiger partial charge in [-0.15, -0.1) is 0 Å². The molecule has 0 unspecified atom stereocenters. The van der Waals surface area contributed by atoms with E-state index < -0.39 is 0 Å². The molecule has 0 saturated carbocycles. The van der Waals surface area contributed by atoms with Crippen molar-refractivity contribution in [3.8, 4) is 17.2 Å². The van der Waals surface area contributed by atoms with Gasteiger partial charge in [0.1, 0.15) is 5.82 Å². The summed E-state index contributed by atoms with van der Waals surface area (Å²) in [5.74, 6) is 1.98. The molecule has 4 aromatic rings. The molecule has 0 fully saturated rings. The normalized spacial score (nSPS) is 12.3. The molecular formula is C22H17N3O3. The number of nitrogens with zero attached hydrogens (tertiary/aromatic N) is 2. The molecule has 138 valence electrons. The number of imidazole rings is 1. The number of carbonyl (C=O) groups excluding carboxylic acids is 1. The van der Waals surface area contributed by atoms with E-state index in [1.165, 1.54) is 0 Å². The number of aryl methyl sites for hydroxylation is 1. The maximum atomic E-state index is 12.7. The summed E-state index contributed by atoms with van der Waals surface area (Å²) in [6.45, 7) is 2.16. The largest absolute Gasteiger partial charge is 0.454 e. The van der Waals surface area contributed by atoms with E-state index in [2.05, 4.69) is 14.9 Å². The summed E-state index contributed by atoms with van der Waals surface area (Å²) in [5, 5.41) is 2.90. The molecule has 0 radical (unpaired) electrons. The molecule has 28 heavy (non-hydrogen) atoms. The average Bonchev–Trinajstić information content (AvgIpc) is 3.30. The van der Waals surface area contributed by atoms with E-state index in [1.54, 1.807) is 18.2 Å². The van der Waals surface area contributed by atoms with Crippen LogP contribution in [0.2, 0.25) is 0 Å². The topological polar surface area (TPSA) is 65.4 Å². The Labute approximate surface area is 161 Å². The fourth-order valence-corrected chi connectivity index (χ4v) is 3.42. The van der Waals surface area contributed by atoms with Gasteiger partial charge in [-0.25, -0.2) is 4.98 Å². The molecule has 0 bridgehead atoms. The van der Waals surface area contributed by atoms with Crippen molar-refractivity contribution in [1.29, 1.82) is 0 Å². The van der Waals surface area contributed by atoms with E-state index in [1.807, 2.05) is 55.5 Å². The minimum absolute atomic E-state index is 0.201. The van der Waals surface area contributed by atoms with Crippen molar-refractivity contribution in [3.05, 3.63) is 78.1 Å². The highest BCUT2D eigenvalue weighted by molar-refractivity contribution is 6.06. The number of anilines is 1. The second kappa shape index (κ2) is 6.42. The van der Waals surface area contributed by atoms with Gasteiger partial charge in [0.15, 0.2) is 11.5 Å². The fourth-order valence-electron chi connectivity index (χ4n) is 3.42. The van der Waals surface area contributed by atoms with Crippen molar-refractivity contribution < 1.29 is 14.3 Å². The third kappa shape index (κ3) is 2.75. The third-order valence-electron chi connectivity index (χ3n) is 4.73. The molecule has 1 amide bonds. The van der Waals surface area contributed by atoms with E-state index in [-0.39, 0.29) is 12.7 Å². The maximum absolute atomic E-state index is 12.7. The summed E-state index contributed by atoms with van der Waals surface area (Å²) in [7, 11) is 0. The number of benzene rings is 3. The first-order chi connectivity index (χ1) is 13.7. The first kappa shape index (κ1) is 16.4. The minimum Gasteiger partial charge on any atom is -0.454 e. The Bertz CT molecular complexity index is 1200. The predicted octanol–water partition coefficient (Wildman–Crippen LogP) is 4.31. The number of hydrogen-bond acceptors (Lipinski definition) is 4. The zero-order valence-electron chi connectivity index (χ0n) is 15.2. The quantitative estimate of drug-likeness (QED) is 0.583. The summed E-state index contributed by atoms with van der Waals surface area (Å²) >= 11 is 0. The lowest BCUT2D eigenvalue weighted by Crippen LogP contribution is -2.11. The van der Waals surface area contributed by atoms with Gasteiger partial charge in [-0.3, -0.25) is 9.36 Å². The third-order valence-corrected chi connectivity index (χ3v) is 4.73. The minimum atomic E-state index is -0.201. The molecule has 1 N–H and O–H groups in total. The van der Waals surface area contributed by atoms with E-state index in [4.69, 9.17) is 9.47 Å². The van der Waals surface area contributed by atoms with Crippen LogP contribution in [-0.4, -0.2) is 22.3 Å². The number of ether oxygens (including phenoxy) is 2. The van der Waals surface area contributed by atoms with Gasteiger partial charge in [-0.05, 0) is 49.4 Å². The predicted molar refractivity (Wildman–Crippen MR) is 106 cm³/mol. The molecule has 0 spiro atoms. The molecule has 5 rings (SSSR count). The highest BCUT2D eigenvalue weighted by atomic mass is 16.7. The summed E-state index contributed by atoms with van der Waals surface area (Å²) < 4.78 is 12.7. The van der Waals surface area contributed by atoms with Crippen molar-refractivity contribution >= 4 is 22.6 Å². The number of fused-ring (bicyclic) bond motifs is 2. The molecule has 6 heteroatoms. The van der Waals surface area contributed by atoms with Crippen molar-refractivity contribution in [1.82, 2.24) is 9.55 Å². The van der Waals surface area contributed by atoms with Gasteiger partial charge < -0.3 is 14.8 Å². The molecule has 0 atom stereocenters. The molecule has 1 aliphatic rings. The Hall–Kier alpha value is -3.80. The number of rotatable bonds is 3. The molecule has 2 heterocycles. The zero-order valence-corrected chi connectivity index (χ0v) is 15.2. The lowest BCUT2D eigenvalue weighted by molar-refractivity contribution is 0.102. The average molecular weight is 371 g/mol. The van der Waals surface area contributed by atoms with E-state index in [0.717, 1.165) is 22.5 Å². The number of nitrogens with one attached hydrogen (secondary N) is 1. The first-order valence-corrected chi connectivity index (χ1v) is 8.94. The van der Waals surface area contributed by atoms with E-state index in [0.29, 0.717) is 22.7 Å². The maximum Gasteiger partial charge on any atom is 0.255 e. The van der Waals surface area contributed by atoms with Crippen molar-refractivity contribution in [2.24, 2.45) is 0 Å². The summed E-state index contributed by atoms with van der Waals surface area (Å²) in [5.41, 5.74) is 3.98. The molecule has 1 aliphatic heterocycles. The van der Waals surface area contributed by atoms with Crippen molar-refractivity contribution in [2.45, 2.75) is 6.92 Å². The summed E-state index contributed by atoms with van der Waals surface area (Å²) in [6.07, 6.45) is 0. The highest BCUT2D eigenvalue weighted by Crippen LogP contribution is 2.34. The summed E-state index contributed by atoms with van der Waals surface area (Å²) in [4.78, 5) is 17.3. The molecule has 0 aliphatic carbocycles. The van der Waals surface area contributed by atoms with E-state index in [9.17, 15) is 4.79 Å². The van der Waals surface area contributed by atoms with E-state index >= 15 is 0 Å². The van der Waals surface area contributed by atoms with Crippen LogP contribution in [-0.2, 0) is 0 Å². The van der Waals surface area contributed by atoms with Crippen LogP contribution >= 0.6 is 0 Å². The Morgan fingerprint density at radius 2 is 1.82 bits per heavy atom. The number of aromatic nitrogens is 2. The van der Waals surface area contributed by atoms with Gasteiger partial charge in [0.2, 0.25) is 6.79 Å². The van der Waals surface area contributed by atoms with Gasteiger partial charge >= 0.3 is 0 Å². The van der Waals surface area contributed by atoms with Gasteiger partial charge in [0, 0.05) is 23.0 Å². The van der Waals surface area contributed by atoms with Crippen LogP contribution in [0.5, 0.6) is 11.5 Å². The molecule has 0 saturated heterocycles. The molecular weight excluding hydrogens is 354 g/mol. The van der Waals surface area contributed by atoms with Crippen LogP contribution in [0.25, 0.3) is 16.7 Å². The Morgan fingerprint density at radius 3 is 2.68 bits per heavy atom. The number of para-hydroxylation sites is 1. The second-order valence-corrected chi connectivity index (χ2v) is 6.56. The van der Waals surface area contributed by atoms with Crippen molar-refractivity contribution in [2.75, 3.05) is 12.1 Å². The number of hydrogen-bond donors (Lipinski definition) is 1.